The maximum atomic E-state index is 11.3. The molecule has 16 heavy (non-hydrogen) atoms. The summed E-state index contributed by atoms with van der Waals surface area (Å²) in [4.78, 5) is 11.3. The lowest BCUT2D eigenvalue weighted by Gasteiger charge is -2.06. The normalized spacial score (nSPS) is 11.2. The zero-order chi connectivity index (χ0) is 12.0. The molecule has 86 valence electrons. The molecule has 0 saturated heterocycles. The second-order valence-electron chi connectivity index (χ2n) is 3.40. The number of ether oxygens (including phenoxy) is 1. The number of rotatable bonds is 4. The van der Waals surface area contributed by atoms with Crippen LogP contribution in [0.5, 0.6) is 0 Å². The summed E-state index contributed by atoms with van der Waals surface area (Å²) in [6.07, 6.45) is 2.29. The third kappa shape index (κ3) is 3.42. The number of carbonyl (C=O) groups excluding carboxylic acids is 1. The predicted molar refractivity (Wildman–Crippen MR) is 65.8 cm³/mol. The highest BCUT2D eigenvalue weighted by molar-refractivity contribution is 5.91. The van der Waals surface area contributed by atoms with E-state index in [9.17, 15) is 4.79 Å². The second kappa shape index (κ2) is 5.95. The van der Waals surface area contributed by atoms with Crippen molar-refractivity contribution >= 4 is 17.2 Å². The summed E-state index contributed by atoms with van der Waals surface area (Å²) in [5.41, 5.74) is 8.30. The average molecular weight is 219 g/mol. The van der Waals surface area contributed by atoms with E-state index < -0.39 is 0 Å². The first kappa shape index (κ1) is 12.3. The van der Waals surface area contributed by atoms with E-state index in [4.69, 9.17) is 10.5 Å². The van der Waals surface area contributed by atoms with Crippen LogP contribution in [-0.2, 0) is 9.53 Å². The molecule has 3 heteroatoms. The van der Waals surface area contributed by atoms with Crippen molar-refractivity contribution in [2.24, 2.45) is 0 Å². The van der Waals surface area contributed by atoms with Gasteiger partial charge in [-0.15, -0.1) is 0 Å². The zero-order valence-electron chi connectivity index (χ0n) is 9.69. The first-order valence-electron chi connectivity index (χ1n) is 5.40. The molecule has 0 atom stereocenters. The van der Waals surface area contributed by atoms with Crippen LogP contribution in [-0.4, -0.2) is 12.6 Å². The molecule has 0 radical (unpaired) electrons. The number of hydrogen-bond acceptors (Lipinski definition) is 3. The van der Waals surface area contributed by atoms with Gasteiger partial charge < -0.3 is 10.5 Å². The van der Waals surface area contributed by atoms with Gasteiger partial charge in [0.1, 0.15) is 0 Å². The Hall–Kier alpha value is -1.77. The topological polar surface area (TPSA) is 52.3 Å². The summed E-state index contributed by atoms with van der Waals surface area (Å²) in [6, 6.07) is 7.49. The van der Waals surface area contributed by atoms with E-state index in [0.717, 1.165) is 17.6 Å². The Labute approximate surface area is 95.9 Å². The minimum absolute atomic E-state index is 0.304. The predicted octanol–water partition coefficient (Wildman–Crippen LogP) is 2.63. The van der Waals surface area contributed by atoms with E-state index in [0.29, 0.717) is 12.3 Å². The Morgan fingerprint density at radius 2 is 2.19 bits per heavy atom. The van der Waals surface area contributed by atoms with Gasteiger partial charge in [0.2, 0.25) is 0 Å². The van der Waals surface area contributed by atoms with Crippen molar-refractivity contribution in [1.82, 2.24) is 0 Å². The molecular weight excluding hydrogens is 202 g/mol. The molecule has 0 amide bonds. The number of nitrogen functional groups attached to an aromatic ring is 1. The van der Waals surface area contributed by atoms with Crippen molar-refractivity contribution < 1.29 is 9.53 Å². The number of esters is 1. The van der Waals surface area contributed by atoms with E-state index in [1.54, 1.807) is 6.92 Å². The first-order chi connectivity index (χ1) is 7.67. The number of anilines is 1. The molecule has 0 unspecified atom stereocenters. The molecule has 0 bridgehead atoms. The Bertz CT molecular complexity index is 397. The minimum Gasteiger partial charge on any atom is -0.463 e. The number of hydrogen-bond donors (Lipinski definition) is 1. The summed E-state index contributed by atoms with van der Waals surface area (Å²) in [5, 5.41) is 0. The largest absolute Gasteiger partial charge is 0.463 e. The van der Waals surface area contributed by atoms with Gasteiger partial charge in [0.15, 0.2) is 0 Å². The van der Waals surface area contributed by atoms with Crippen molar-refractivity contribution in [3.8, 4) is 0 Å². The van der Waals surface area contributed by atoms with Crippen molar-refractivity contribution in [2.75, 3.05) is 12.3 Å². The smallest absolute Gasteiger partial charge is 0.331 e. The third-order valence-corrected chi connectivity index (χ3v) is 2.22. The highest BCUT2D eigenvalue weighted by Gasteiger charge is 2.03. The highest BCUT2D eigenvalue weighted by atomic mass is 16.5. The van der Waals surface area contributed by atoms with Gasteiger partial charge in [-0.1, -0.05) is 19.1 Å². The Kier molecular flexibility index (Phi) is 4.58. The number of carbonyl (C=O) groups is 1. The fourth-order valence-corrected chi connectivity index (χ4v) is 1.45. The van der Waals surface area contributed by atoms with E-state index in [1.807, 2.05) is 31.2 Å². The summed E-state index contributed by atoms with van der Waals surface area (Å²) in [7, 11) is 0. The molecule has 0 aliphatic carbocycles. The van der Waals surface area contributed by atoms with Crippen LogP contribution in [0.15, 0.2) is 30.3 Å². The van der Waals surface area contributed by atoms with Gasteiger partial charge in [0.05, 0.1) is 6.61 Å². The molecule has 0 fully saturated rings. The van der Waals surface area contributed by atoms with Crippen LogP contribution < -0.4 is 5.73 Å². The Morgan fingerprint density at radius 3 is 2.75 bits per heavy atom. The monoisotopic (exact) mass is 219 g/mol. The van der Waals surface area contributed by atoms with Gasteiger partial charge in [-0.25, -0.2) is 4.79 Å². The van der Waals surface area contributed by atoms with Crippen LogP contribution in [0.25, 0.3) is 5.57 Å². The lowest BCUT2D eigenvalue weighted by molar-refractivity contribution is -0.137. The maximum absolute atomic E-state index is 11.3. The van der Waals surface area contributed by atoms with Gasteiger partial charge >= 0.3 is 5.97 Å². The van der Waals surface area contributed by atoms with Crippen LogP contribution in [0, 0.1) is 0 Å². The standard InChI is InChI=1S/C13H17NO2/c1-3-10(9-13(15)16-4-2)11-6-5-7-12(14)8-11/h5-9H,3-4,14H2,1-2H3/b10-9-. The molecule has 0 aliphatic rings. The van der Waals surface area contributed by atoms with E-state index in [-0.39, 0.29) is 5.97 Å². The number of benzene rings is 1. The van der Waals surface area contributed by atoms with Crippen LogP contribution in [0.2, 0.25) is 0 Å². The molecule has 0 aromatic heterocycles. The molecule has 3 nitrogen and oxygen atoms in total. The molecule has 0 aliphatic heterocycles. The lowest BCUT2D eigenvalue weighted by Crippen LogP contribution is -2.01. The average Bonchev–Trinajstić information content (AvgIpc) is 2.26. The maximum Gasteiger partial charge on any atom is 0.331 e. The van der Waals surface area contributed by atoms with Crippen LogP contribution >= 0.6 is 0 Å². The molecule has 0 heterocycles. The molecule has 0 saturated carbocycles. The summed E-state index contributed by atoms with van der Waals surface area (Å²) in [6.45, 7) is 4.18. The van der Waals surface area contributed by atoms with Crippen molar-refractivity contribution in [1.29, 1.82) is 0 Å². The third-order valence-electron chi connectivity index (χ3n) is 2.22. The Balaban J connectivity index is 2.94. The van der Waals surface area contributed by atoms with Gasteiger partial charge in [0, 0.05) is 11.8 Å². The number of allylic oxidation sites excluding steroid dienone is 1. The summed E-state index contributed by atoms with van der Waals surface area (Å²) < 4.78 is 4.88. The van der Waals surface area contributed by atoms with E-state index in [1.165, 1.54) is 6.08 Å². The molecule has 1 rings (SSSR count). The summed E-state index contributed by atoms with van der Waals surface area (Å²) in [5.74, 6) is -0.304. The van der Waals surface area contributed by atoms with E-state index in [2.05, 4.69) is 0 Å². The molecule has 1 aromatic rings. The minimum atomic E-state index is -0.304. The van der Waals surface area contributed by atoms with Gasteiger partial charge in [-0.05, 0) is 36.6 Å². The molecule has 0 spiro atoms. The van der Waals surface area contributed by atoms with Crippen LogP contribution in [0.4, 0.5) is 5.69 Å². The van der Waals surface area contributed by atoms with Gasteiger partial charge in [-0.3, -0.25) is 0 Å². The van der Waals surface area contributed by atoms with Crippen LogP contribution in [0.3, 0.4) is 0 Å². The first-order valence-corrected chi connectivity index (χ1v) is 5.40. The Morgan fingerprint density at radius 1 is 1.44 bits per heavy atom. The van der Waals surface area contributed by atoms with E-state index >= 15 is 0 Å². The lowest BCUT2D eigenvalue weighted by atomic mass is 10.0. The van der Waals surface area contributed by atoms with Gasteiger partial charge in [-0.2, -0.15) is 0 Å². The number of nitrogens with two attached hydrogens (primary N) is 1. The van der Waals surface area contributed by atoms with Gasteiger partial charge in [0.25, 0.3) is 0 Å². The SMILES string of the molecule is CCOC(=O)/C=C(/CC)c1cccc(N)c1. The second-order valence-corrected chi connectivity index (χ2v) is 3.40. The summed E-state index contributed by atoms with van der Waals surface area (Å²) >= 11 is 0. The van der Waals surface area contributed by atoms with Crippen molar-refractivity contribution in [2.45, 2.75) is 20.3 Å². The van der Waals surface area contributed by atoms with Crippen molar-refractivity contribution in [3.05, 3.63) is 35.9 Å². The molecular formula is C13H17NO2. The fraction of sp³-hybridized carbons (Fsp3) is 0.308. The highest BCUT2D eigenvalue weighted by Crippen LogP contribution is 2.20. The van der Waals surface area contributed by atoms with Crippen LogP contribution in [0.1, 0.15) is 25.8 Å². The molecule has 1 aromatic carbocycles. The quantitative estimate of drug-likeness (QED) is 0.481. The zero-order valence-corrected chi connectivity index (χ0v) is 9.69. The fourth-order valence-electron chi connectivity index (χ4n) is 1.45. The van der Waals surface area contributed by atoms with Crippen molar-refractivity contribution in [3.63, 3.8) is 0 Å². The molecule has 2 N–H and O–H groups in total.